The van der Waals surface area contributed by atoms with Crippen molar-refractivity contribution >= 4 is 45.5 Å². The maximum atomic E-state index is 13.0. The van der Waals surface area contributed by atoms with Crippen LogP contribution in [-0.2, 0) is 9.53 Å². The molecule has 9 heteroatoms. The summed E-state index contributed by atoms with van der Waals surface area (Å²) in [5.41, 5.74) is 1.15. The number of benzene rings is 3. The highest BCUT2D eigenvalue weighted by Gasteiger charge is 2.26. The SMILES string of the molecule is O=Cc1ccc(C(=O)OC(C(=O)Nc2ccc([N+](=O)[O-])cc2Br)c2ccccc2)cc1. The van der Waals surface area contributed by atoms with E-state index in [0.717, 1.165) is 0 Å². The number of amides is 1. The molecule has 3 aromatic rings. The van der Waals surface area contributed by atoms with E-state index in [1.54, 1.807) is 30.3 Å². The molecule has 1 atom stereocenters. The van der Waals surface area contributed by atoms with Crippen molar-refractivity contribution in [1.82, 2.24) is 0 Å². The number of ether oxygens (including phenoxy) is 1. The summed E-state index contributed by atoms with van der Waals surface area (Å²) in [6, 6.07) is 18.1. The number of aldehydes is 1. The van der Waals surface area contributed by atoms with E-state index < -0.39 is 22.9 Å². The number of carbonyl (C=O) groups excluding carboxylic acids is 3. The van der Waals surface area contributed by atoms with Gasteiger partial charge in [-0.15, -0.1) is 0 Å². The molecule has 0 saturated heterocycles. The van der Waals surface area contributed by atoms with E-state index >= 15 is 0 Å². The minimum atomic E-state index is -1.28. The van der Waals surface area contributed by atoms with Crippen LogP contribution < -0.4 is 5.32 Å². The van der Waals surface area contributed by atoms with Crippen LogP contribution >= 0.6 is 15.9 Å². The van der Waals surface area contributed by atoms with Crippen molar-refractivity contribution < 1.29 is 24.0 Å². The summed E-state index contributed by atoms with van der Waals surface area (Å²) in [5, 5.41) is 13.5. The molecule has 1 N–H and O–H groups in total. The zero-order chi connectivity index (χ0) is 22.4. The Hall–Kier alpha value is -3.85. The lowest BCUT2D eigenvalue weighted by molar-refractivity contribution is -0.384. The Labute approximate surface area is 185 Å². The standard InChI is InChI=1S/C22H15BrN2O6/c23-18-12-17(25(29)30)10-11-19(18)24-21(27)20(15-4-2-1-3-5-15)31-22(28)16-8-6-14(13-26)7-9-16/h1-13,20H,(H,24,27). The molecule has 1 amide bonds. The lowest BCUT2D eigenvalue weighted by Crippen LogP contribution is -2.26. The Morgan fingerprint density at radius 3 is 2.29 bits per heavy atom. The first kappa shape index (κ1) is 21.8. The van der Waals surface area contributed by atoms with Crippen molar-refractivity contribution in [3.8, 4) is 0 Å². The molecule has 0 spiro atoms. The third-order valence-electron chi connectivity index (χ3n) is 4.27. The van der Waals surface area contributed by atoms with Crippen molar-refractivity contribution in [2.75, 3.05) is 5.32 Å². The Morgan fingerprint density at radius 2 is 1.71 bits per heavy atom. The normalized spacial score (nSPS) is 11.3. The van der Waals surface area contributed by atoms with Crippen molar-refractivity contribution in [2.45, 2.75) is 6.10 Å². The first-order valence-corrected chi connectivity index (χ1v) is 9.74. The van der Waals surface area contributed by atoms with Crippen LogP contribution in [0.3, 0.4) is 0 Å². The molecule has 0 aromatic heterocycles. The molecule has 0 aliphatic carbocycles. The highest BCUT2D eigenvalue weighted by molar-refractivity contribution is 9.10. The van der Waals surface area contributed by atoms with Crippen molar-refractivity contribution in [2.24, 2.45) is 0 Å². The summed E-state index contributed by atoms with van der Waals surface area (Å²) in [6.07, 6.45) is -0.626. The third-order valence-corrected chi connectivity index (χ3v) is 4.93. The van der Waals surface area contributed by atoms with Gasteiger partial charge in [0.1, 0.15) is 6.29 Å². The number of anilines is 1. The molecule has 0 bridgehead atoms. The van der Waals surface area contributed by atoms with Crippen LogP contribution in [0.2, 0.25) is 0 Å². The molecule has 3 rings (SSSR count). The molecule has 0 aliphatic rings. The number of non-ortho nitro benzene ring substituents is 1. The second kappa shape index (κ2) is 9.77. The number of nitrogens with one attached hydrogen (secondary N) is 1. The minimum absolute atomic E-state index is 0.144. The Kier molecular flexibility index (Phi) is 6.88. The zero-order valence-corrected chi connectivity index (χ0v) is 17.4. The molecule has 1 unspecified atom stereocenters. The maximum absolute atomic E-state index is 13.0. The van der Waals surface area contributed by atoms with Crippen molar-refractivity contribution in [3.05, 3.63) is 104 Å². The first-order chi connectivity index (χ1) is 14.9. The Balaban J connectivity index is 1.85. The zero-order valence-electron chi connectivity index (χ0n) is 15.9. The molecule has 156 valence electrons. The van der Waals surface area contributed by atoms with Gasteiger partial charge in [-0.05, 0) is 34.1 Å². The number of nitrogens with zero attached hydrogens (tertiary/aromatic N) is 1. The number of halogens is 1. The topological polar surface area (TPSA) is 116 Å². The number of esters is 1. The van der Waals surface area contributed by atoms with Crippen molar-refractivity contribution in [3.63, 3.8) is 0 Å². The molecular formula is C22H15BrN2O6. The monoisotopic (exact) mass is 482 g/mol. The van der Waals surface area contributed by atoms with Gasteiger partial charge < -0.3 is 10.1 Å². The summed E-state index contributed by atoms with van der Waals surface area (Å²) >= 11 is 3.20. The van der Waals surface area contributed by atoms with E-state index in [1.165, 1.54) is 42.5 Å². The summed E-state index contributed by atoms with van der Waals surface area (Å²) in [6.45, 7) is 0. The maximum Gasteiger partial charge on any atom is 0.339 e. The van der Waals surface area contributed by atoms with Crippen molar-refractivity contribution in [1.29, 1.82) is 0 Å². The molecule has 0 fully saturated rings. The number of nitro groups is 1. The van der Waals surface area contributed by atoms with Gasteiger partial charge in [-0.2, -0.15) is 0 Å². The average molecular weight is 483 g/mol. The first-order valence-electron chi connectivity index (χ1n) is 8.95. The second-order valence-corrected chi connectivity index (χ2v) is 7.20. The van der Waals surface area contributed by atoms with E-state index in [1.807, 2.05) is 0 Å². The fourth-order valence-electron chi connectivity index (χ4n) is 2.69. The van der Waals surface area contributed by atoms with Gasteiger partial charge in [-0.3, -0.25) is 19.7 Å². The van der Waals surface area contributed by atoms with E-state index in [-0.39, 0.29) is 16.9 Å². The quantitative estimate of drug-likeness (QED) is 0.225. The van der Waals surface area contributed by atoms with Gasteiger partial charge in [0.2, 0.25) is 6.10 Å². The van der Waals surface area contributed by atoms with Crippen LogP contribution in [0.25, 0.3) is 0 Å². The van der Waals surface area contributed by atoms with E-state index in [4.69, 9.17) is 4.74 Å². The van der Waals surface area contributed by atoms with Crippen LogP contribution in [0.5, 0.6) is 0 Å². The molecule has 0 heterocycles. The van der Waals surface area contributed by atoms with Crippen LogP contribution in [0.15, 0.2) is 77.3 Å². The predicted octanol–water partition coefficient (Wildman–Crippen LogP) is 4.71. The van der Waals surface area contributed by atoms with Gasteiger partial charge in [0.15, 0.2) is 0 Å². The van der Waals surface area contributed by atoms with Crippen LogP contribution in [-0.4, -0.2) is 23.1 Å². The highest BCUT2D eigenvalue weighted by atomic mass is 79.9. The molecular weight excluding hydrogens is 468 g/mol. The molecule has 31 heavy (non-hydrogen) atoms. The average Bonchev–Trinajstić information content (AvgIpc) is 2.79. The van der Waals surface area contributed by atoms with Crippen LogP contribution in [0.4, 0.5) is 11.4 Å². The van der Waals surface area contributed by atoms with Gasteiger partial charge in [0, 0.05) is 27.7 Å². The molecule has 3 aromatic carbocycles. The number of rotatable bonds is 7. The highest BCUT2D eigenvalue weighted by Crippen LogP contribution is 2.29. The van der Waals surface area contributed by atoms with Gasteiger partial charge in [0.05, 0.1) is 16.2 Å². The minimum Gasteiger partial charge on any atom is -0.444 e. The summed E-state index contributed by atoms with van der Waals surface area (Å²) in [4.78, 5) is 46.7. The third kappa shape index (κ3) is 5.40. The predicted molar refractivity (Wildman–Crippen MR) is 116 cm³/mol. The van der Waals surface area contributed by atoms with E-state index in [9.17, 15) is 24.5 Å². The molecule has 0 radical (unpaired) electrons. The van der Waals surface area contributed by atoms with E-state index in [2.05, 4.69) is 21.2 Å². The second-order valence-electron chi connectivity index (χ2n) is 6.35. The van der Waals surface area contributed by atoms with Gasteiger partial charge in [-0.1, -0.05) is 42.5 Å². The van der Waals surface area contributed by atoms with Crippen LogP contribution in [0.1, 0.15) is 32.4 Å². The fourth-order valence-corrected chi connectivity index (χ4v) is 3.16. The largest absolute Gasteiger partial charge is 0.444 e. The van der Waals surface area contributed by atoms with Gasteiger partial charge in [-0.25, -0.2) is 4.79 Å². The number of carbonyl (C=O) groups is 3. The number of hydrogen-bond donors (Lipinski definition) is 1. The number of nitro benzene ring substituents is 1. The van der Waals surface area contributed by atoms with Gasteiger partial charge in [0.25, 0.3) is 11.6 Å². The summed E-state index contributed by atoms with van der Waals surface area (Å²) in [5.74, 6) is -1.39. The summed E-state index contributed by atoms with van der Waals surface area (Å²) < 4.78 is 5.77. The Bertz CT molecular complexity index is 1130. The summed E-state index contributed by atoms with van der Waals surface area (Å²) in [7, 11) is 0. The molecule has 0 aliphatic heterocycles. The smallest absolute Gasteiger partial charge is 0.339 e. The Morgan fingerprint density at radius 1 is 1.03 bits per heavy atom. The van der Waals surface area contributed by atoms with E-state index in [0.29, 0.717) is 21.9 Å². The van der Waals surface area contributed by atoms with Crippen LogP contribution in [0, 0.1) is 10.1 Å². The number of hydrogen-bond acceptors (Lipinski definition) is 6. The molecule has 0 saturated carbocycles. The lowest BCUT2D eigenvalue weighted by atomic mass is 10.1. The molecule has 8 nitrogen and oxygen atoms in total. The fraction of sp³-hybridized carbons (Fsp3) is 0.0455. The van der Waals surface area contributed by atoms with Gasteiger partial charge >= 0.3 is 5.97 Å². The lowest BCUT2D eigenvalue weighted by Gasteiger charge is -2.18.